The van der Waals surface area contributed by atoms with Crippen molar-refractivity contribution >= 4 is 18.1 Å². The Bertz CT molecular complexity index is 778. The van der Waals surface area contributed by atoms with Crippen LogP contribution in [0.5, 0.6) is 0 Å². The minimum atomic E-state index is -0.347. The highest BCUT2D eigenvalue weighted by molar-refractivity contribution is 5.86. The van der Waals surface area contributed by atoms with Crippen molar-refractivity contribution in [3.05, 3.63) is 108 Å². The van der Waals surface area contributed by atoms with E-state index in [-0.39, 0.29) is 5.97 Å². The molecule has 144 valence electrons. The number of carbonyl (C=O) groups excluding carboxylic acids is 1. The molecule has 0 unspecified atom stereocenters. The summed E-state index contributed by atoms with van der Waals surface area (Å²) in [5.74, 6) is -0.347. The lowest BCUT2D eigenvalue weighted by molar-refractivity contribution is -0.136. The Labute approximate surface area is 168 Å². The molecular formula is C25H27NO2. The lowest BCUT2D eigenvalue weighted by Gasteiger charge is -1.91. The number of esters is 1. The molecule has 0 aliphatic rings. The molecule has 2 rings (SSSR count). The molecule has 0 aliphatic heterocycles. The van der Waals surface area contributed by atoms with Gasteiger partial charge in [0.15, 0.2) is 0 Å². The molecule has 0 aromatic heterocycles. The van der Waals surface area contributed by atoms with Gasteiger partial charge in [0.1, 0.15) is 0 Å². The average molecular weight is 373 g/mol. The second-order valence-electron chi connectivity index (χ2n) is 5.70. The van der Waals surface area contributed by atoms with Gasteiger partial charge >= 0.3 is 5.97 Å². The fourth-order valence-corrected chi connectivity index (χ4v) is 1.64. The molecule has 0 N–H and O–H groups in total. The SMILES string of the molecule is C(C=Cc1ccccc1)=Cc1ccccc1.C=C(C)C#N.C=C(C)C(=O)OC. The van der Waals surface area contributed by atoms with Crippen molar-refractivity contribution in [2.45, 2.75) is 13.8 Å². The van der Waals surface area contributed by atoms with E-state index in [0.29, 0.717) is 11.1 Å². The van der Waals surface area contributed by atoms with Crippen molar-refractivity contribution in [3.63, 3.8) is 0 Å². The van der Waals surface area contributed by atoms with Crippen LogP contribution in [0, 0.1) is 11.3 Å². The quantitative estimate of drug-likeness (QED) is 0.276. The maximum absolute atomic E-state index is 10.2. The Morgan fingerprint density at radius 2 is 1.25 bits per heavy atom. The molecule has 0 spiro atoms. The van der Waals surface area contributed by atoms with Crippen LogP contribution in [0.1, 0.15) is 25.0 Å². The predicted octanol–water partition coefficient (Wildman–Crippen LogP) is 6.23. The average Bonchev–Trinajstić information content (AvgIpc) is 2.73. The lowest BCUT2D eigenvalue weighted by Crippen LogP contribution is -1.98. The Hall–Kier alpha value is -3.64. The molecule has 0 fully saturated rings. The van der Waals surface area contributed by atoms with Crippen molar-refractivity contribution in [3.8, 4) is 6.07 Å². The van der Waals surface area contributed by atoms with Crippen LogP contribution in [-0.4, -0.2) is 13.1 Å². The Morgan fingerprint density at radius 3 is 1.46 bits per heavy atom. The van der Waals surface area contributed by atoms with E-state index in [4.69, 9.17) is 5.26 Å². The second-order valence-corrected chi connectivity index (χ2v) is 5.70. The third-order valence-corrected chi connectivity index (χ3v) is 3.01. The van der Waals surface area contributed by atoms with Crippen molar-refractivity contribution in [1.82, 2.24) is 0 Å². The summed E-state index contributed by atoms with van der Waals surface area (Å²) in [6.45, 7) is 9.93. The minimum absolute atomic E-state index is 0.347. The Kier molecular flexibility index (Phi) is 13.6. The monoisotopic (exact) mass is 373 g/mol. The molecule has 28 heavy (non-hydrogen) atoms. The van der Waals surface area contributed by atoms with Crippen LogP contribution in [-0.2, 0) is 9.53 Å². The van der Waals surface area contributed by atoms with Gasteiger partial charge in [0.2, 0.25) is 0 Å². The first-order chi connectivity index (χ1) is 13.4. The third-order valence-electron chi connectivity index (χ3n) is 3.01. The highest BCUT2D eigenvalue weighted by atomic mass is 16.5. The summed E-state index contributed by atoms with van der Waals surface area (Å²) in [5, 5.41) is 7.79. The van der Waals surface area contributed by atoms with Crippen molar-refractivity contribution in [1.29, 1.82) is 5.26 Å². The maximum Gasteiger partial charge on any atom is 0.332 e. The van der Waals surface area contributed by atoms with E-state index in [9.17, 15) is 4.79 Å². The number of allylic oxidation sites excluding steroid dienone is 3. The second kappa shape index (κ2) is 15.6. The van der Waals surface area contributed by atoms with E-state index in [1.807, 2.05) is 42.5 Å². The van der Waals surface area contributed by atoms with Gasteiger partial charge in [-0.3, -0.25) is 0 Å². The fourth-order valence-electron chi connectivity index (χ4n) is 1.64. The van der Waals surface area contributed by atoms with Gasteiger partial charge in [0.05, 0.1) is 13.2 Å². The maximum atomic E-state index is 10.2. The number of rotatable bonds is 4. The zero-order chi connectivity index (χ0) is 21.2. The van der Waals surface area contributed by atoms with Crippen molar-refractivity contribution in [2.75, 3.05) is 7.11 Å². The summed E-state index contributed by atoms with van der Waals surface area (Å²) in [7, 11) is 1.33. The number of ether oxygens (including phenoxy) is 1. The molecule has 0 heterocycles. The number of nitrogens with zero attached hydrogens (tertiary/aromatic N) is 1. The van der Waals surface area contributed by atoms with Gasteiger partial charge in [0, 0.05) is 11.1 Å². The first-order valence-corrected chi connectivity index (χ1v) is 8.65. The number of nitriles is 1. The van der Waals surface area contributed by atoms with Gasteiger partial charge in [-0.1, -0.05) is 98.1 Å². The molecule has 3 heteroatoms. The molecular weight excluding hydrogens is 346 g/mol. The topological polar surface area (TPSA) is 50.1 Å². The summed E-state index contributed by atoms with van der Waals surface area (Å²) in [6.07, 6.45) is 8.31. The normalized spacial score (nSPS) is 9.36. The number of methoxy groups -OCH3 is 1. The molecule has 0 saturated heterocycles. The number of hydrogen-bond acceptors (Lipinski definition) is 3. The molecule has 0 atom stereocenters. The van der Waals surface area contributed by atoms with Crippen molar-refractivity contribution < 1.29 is 9.53 Å². The Balaban J connectivity index is 0.000000507. The van der Waals surface area contributed by atoms with E-state index in [1.54, 1.807) is 13.8 Å². The van der Waals surface area contributed by atoms with Crippen LogP contribution in [0.3, 0.4) is 0 Å². The van der Waals surface area contributed by atoms with E-state index < -0.39 is 0 Å². The van der Waals surface area contributed by atoms with E-state index >= 15 is 0 Å². The number of carbonyl (C=O) groups is 1. The van der Waals surface area contributed by atoms with Gasteiger partial charge in [-0.25, -0.2) is 4.79 Å². The first kappa shape index (κ1) is 24.4. The standard InChI is InChI=1S/C16H14.C5H8O2.C4H5N/c1-3-9-15(10-4-1)13-7-8-14-16-11-5-2-6-12-16;1-4(2)5(6)7-3;1-4(2)3-5/h1-14H;1H2,2-3H3;1H2,2H3. The zero-order valence-electron chi connectivity index (χ0n) is 16.8. The molecule has 2 aromatic carbocycles. The summed E-state index contributed by atoms with van der Waals surface area (Å²) in [5.41, 5.74) is 3.44. The molecule has 0 bridgehead atoms. The third kappa shape index (κ3) is 13.6. The van der Waals surface area contributed by atoms with E-state index in [0.717, 1.165) is 0 Å². The molecule has 0 amide bonds. The van der Waals surface area contributed by atoms with Crippen molar-refractivity contribution in [2.24, 2.45) is 0 Å². The fraction of sp³-hybridized carbons (Fsp3) is 0.120. The van der Waals surface area contributed by atoms with E-state index in [2.05, 4.69) is 66.5 Å². The van der Waals surface area contributed by atoms with Crippen LogP contribution in [0.25, 0.3) is 12.2 Å². The lowest BCUT2D eigenvalue weighted by atomic mass is 10.2. The highest BCUT2D eigenvalue weighted by Crippen LogP contribution is 2.03. The summed E-state index contributed by atoms with van der Waals surface area (Å²) < 4.78 is 4.27. The Morgan fingerprint density at radius 1 is 0.893 bits per heavy atom. The minimum Gasteiger partial charge on any atom is -0.466 e. The van der Waals surface area contributed by atoms with Crippen LogP contribution in [0.4, 0.5) is 0 Å². The number of hydrogen-bond donors (Lipinski definition) is 0. The van der Waals surface area contributed by atoms with Gasteiger partial charge < -0.3 is 4.74 Å². The number of benzene rings is 2. The summed E-state index contributed by atoms with van der Waals surface area (Å²) >= 11 is 0. The molecule has 0 saturated carbocycles. The van der Waals surface area contributed by atoms with E-state index in [1.165, 1.54) is 18.2 Å². The van der Waals surface area contributed by atoms with Gasteiger partial charge in [-0.2, -0.15) is 5.26 Å². The highest BCUT2D eigenvalue weighted by Gasteiger charge is 1.95. The van der Waals surface area contributed by atoms with Crippen LogP contribution in [0.15, 0.2) is 97.1 Å². The smallest absolute Gasteiger partial charge is 0.332 e. The largest absolute Gasteiger partial charge is 0.466 e. The van der Waals surface area contributed by atoms with Crippen LogP contribution in [0.2, 0.25) is 0 Å². The van der Waals surface area contributed by atoms with Gasteiger partial charge in [-0.05, 0) is 25.0 Å². The molecule has 2 aromatic rings. The van der Waals surface area contributed by atoms with Crippen LogP contribution < -0.4 is 0 Å². The summed E-state index contributed by atoms with van der Waals surface area (Å²) in [6, 6.07) is 22.4. The molecule has 0 aliphatic carbocycles. The van der Waals surface area contributed by atoms with Gasteiger partial charge in [0.25, 0.3) is 0 Å². The van der Waals surface area contributed by atoms with Crippen LogP contribution >= 0.6 is 0 Å². The van der Waals surface area contributed by atoms with Gasteiger partial charge in [-0.15, -0.1) is 0 Å². The predicted molar refractivity (Wildman–Crippen MR) is 118 cm³/mol. The molecule has 3 nitrogen and oxygen atoms in total. The molecule has 0 radical (unpaired) electrons. The zero-order valence-corrected chi connectivity index (χ0v) is 16.8. The first-order valence-electron chi connectivity index (χ1n) is 8.65. The summed E-state index contributed by atoms with van der Waals surface area (Å²) in [4.78, 5) is 10.2.